The van der Waals surface area contributed by atoms with Gasteiger partial charge < -0.3 is 4.74 Å². The topological polar surface area (TPSA) is 82.3 Å². The van der Waals surface area contributed by atoms with Crippen molar-refractivity contribution in [2.45, 2.75) is 26.2 Å². The molecule has 0 atom stereocenters. The maximum absolute atomic E-state index is 11.4. The van der Waals surface area contributed by atoms with E-state index in [0.717, 1.165) is 18.4 Å². The molecule has 0 spiro atoms. The molecule has 0 bridgehead atoms. The second kappa shape index (κ2) is 6.78. The van der Waals surface area contributed by atoms with Crippen LogP contribution in [0.25, 0.3) is 5.57 Å². The van der Waals surface area contributed by atoms with Crippen LogP contribution in [0.1, 0.15) is 31.0 Å². The molecule has 0 amide bonds. The maximum Gasteiger partial charge on any atom is 0.310 e. The lowest BCUT2D eigenvalue weighted by Gasteiger charge is -2.08. The Morgan fingerprint density at radius 3 is 2.90 bits per heavy atom. The maximum atomic E-state index is 11.4. The zero-order chi connectivity index (χ0) is 15.2. The van der Waals surface area contributed by atoms with Crippen molar-refractivity contribution in [2.24, 2.45) is 0 Å². The minimum Gasteiger partial charge on any atom is -0.466 e. The number of carbonyl (C=O) groups excluding carboxylic acids is 1. The average Bonchev–Trinajstić information content (AvgIpc) is 2.48. The van der Waals surface area contributed by atoms with Crippen molar-refractivity contribution >= 4 is 17.2 Å². The number of carbonyl (C=O) groups is 1. The number of nitro groups is 1. The van der Waals surface area contributed by atoms with Crippen LogP contribution in [-0.4, -0.2) is 22.5 Å². The number of allylic oxidation sites excluding steroid dienone is 4. The number of pyridine rings is 1. The van der Waals surface area contributed by atoms with E-state index < -0.39 is 10.9 Å². The van der Waals surface area contributed by atoms with Gasteiger partial charge in [-0.3, -0.25) is 14.9 Å². The van der Waals surface area contributed by atoms with Gasteiger partial charge in [0.25, 0.3) is 5.69 Å². The molecule has 21 heavy (non-hydrogen) atoms. The summed E-state index contributed by atoms with van der Waals surface area (Å²) in [5.41, 5.74) is 1.47. The van der Waals surface area contributed by atoms with Crippen LogP contribution < -0.4 is 0 Å². The smallest absolute Gasteiger partial charge is 0.310 e. The molecule has 0 fully saturated rings. The Balaban J connectivity index is 2.31. The first-order chi connectivity index (χ1) is 10.1. The van der Waals surface area contributed by atoms with Gasteiger partial charge in [-0.1, -0.05) is 18.2 Å². The van der Waals surface area contributed by atoms with E-state index in [0.29, 0.717) is 11.3 Å². The Hall–Kier alpha value is -2.50. The Morgan fingerprint density at radius 2 is 2.29 bits per heavy atom. The second-order valence-corrected chi connectivity index (χ2v) is 4.59. The van der Waals surface area contributed by atoms with Crippen LogP contribution in [0.5, 0.6) is 0 Å². The minimum atomic E-state index is -0.472. The van der Waals surface area contributed by atoms with E-state index in [-0.39, 0.29) is 18.7 Å². The summed E-state index contributed by atoms with van der Waals surface area (Å²) in [6.45, 7) is 1.99. The average molecular weight is 288 g/mol. The third-order valence-electron chi connectivity index (χ3n) is 3.04. The minimum absolute atomic E-state index is 0.0170. The molecule has 6 nitrogen and oxygen atoms in total. The second-order valence-electron chi connectivity index (χ2n) is 4.59. The normalized spacial score (nSPS) is 13.7. The van der Waals surface area contributed by atoms with Crippen molar-refractivity contribution in [1.29, 1.82) is 0 Å². The number of hydrogen-bond donors (Lipinski definition) is 0. The molecular formula is C15H16N2O4. The molecule has 0 unspecified atom stereocenters. The molecule has 0 aromatic carbocycles. The zero-order valence-corrected chi connectivity index (χ0v) is 11.7. The Kier molecular flexibility index (Phi) is 4.81. The number of rotatable bonds is 5. The molecule has 0 saturated carbocycles. The highest BCUT2D eigenvalue weighted by Gasteiger charge is 2.20. The summed E-state index contributed by atoms with van der Waals surface area (Å²) in [5, 5.41) is 11.2. The van der Waals surface area contributed by atoms with Gasteiger partial charge in [0.15, 0.2) is 0 Å². The SMILES string of the molecule is CCOC(=O)Cc1cnc(C2=CCCC=C2)c([N+](=O)[O-])c1. The van der Waals surface area contributed by atoms with Gasteiger partial charge in [-0.25, -0.2) is 4.98 Å². The van der Waals surface area contributed by atoms with Crippen LogP contribution in [0, 0.1) is 10.1 Å². The van der Waals surface area contributed by atoms with Crippen LogP contribution in [0.15, 0.2) is 30.5 Å². The van der Waals surface area contributed by atoms with E-state index in [2.05, 4.69) is 4.98 Å². The molecule has 6 heteroatoms. The summed E-state index contributed by atoms with van der Waals surface area (Å²) in [4.78, 5) is 26.4. The van der Waals surface area contributed by atoms with Crippen LogP contribution >= 0.6 is 0 Å². The lowest BCUT2D eigenvalue weighted by atomic mass is 10.0. The fourth-order valence-electron chi connectivity index (χ4n) is 2.12. The van der Waals surface area contributed by atoms with Gasteiger partial charge in [0.05, 0.1) is 18.0 Å². The highest BCUT2D eigenvalue weighted by atomic mass is 16.6. The third-order valence-corrected chi connectivity index (χ3v) is 3.04. The Morgan fingerprint density at radius 1 is 1.48 bits per heavy atom. The van der Waals surface area contributed by atoms with Crippen molar-refractivity contribution < 1.29 is 14.5 Å². The monoisotopic (exact) mass is 288 g/mol. The predicted octanol–water partition coefficient (Wildman–Crippen LogP) is 2.83. The van der Waals surface area contributed by atoms with E-state index in [4.69, 9.17) is 4.74 Å². The fraction of sp³-hybridized carbons (Fsp3) is 0.333. The molecule has 0 aliphatic heterocycles. The molecule has 0 saturated heterocycles. The van der Waals surface area contributed by atoms with Crippen LogP contribution in [0.3, 0.4) is 0 Å². The molecule has 1 heterocycles. The predicted molar refractivity (Wildman–Crippen MR) is 77.6 cm³/mol. The summed E-state index contributed by atoms with van der Waals surface area (Å²) >= 11 is 0. The summed E-state index contributed by atoms with van der Waals surface area (Å²) in [6, 6.07) is 1.39. The van der Waals surface area contributed by atoms with Crippen molar-refractivity contribution in [3.05, 3.63) is 51.9 Å². The highest BCUT2D eigenvalue weighted by molar-refractivity contribution is 5.78. The molecule has 1 aliphatic carbocycles. The molecule has 1 aliphatic rings. The fourth-order valence-corrected chi connectivity index (χ4v) is 2.12. The largest absolute Gasteiger partial charge is 0.466 e. The molecule has 0 radical (unpaired) electrons. The Bertz CT molecular complexity index is 620. The summed E-state index contributed by atoms with van der Waals surface area (Å²) in [7, 11) is 0. The van der Waals surface area contributed by atoms with Gasteiger partial charge in [-0.05, 0) is 25.3 Å². The van der Waals surface area contributed by atoms with Gasteiger partial charge >= 0.3 is 5.97 Å². The first-order valence-corrected chi connectivity index (χ1v) is 6.77. The van der Waals surface area contributed by atoms with Crippen LogP contribution in [0.2, 0.25) is 0 Å². The molecule has 110 valence electrons. The zero-order valence-electron chi connectivity index (χ0n) is 11.7. The standard InChI is InChI=1S/C15H16N2O4/c1-2-21-14(18)9-11-8-13(17(19)20)15(16-10-11)12-6-4-3-5-7-12/h4,6-8,10H,2-3,5,9H2,1H3. The van der Waals surface area contributed by atoms with Crippen LogP contribution in [0.4, 0.5) is 5.69 Å². The lowest BCUT2D eigenvalue weighted by molar-refractivity contribution is -0.385. The first kappa shape index (κ1) is 14.9. The van der Waals surface area contributed by atoms with E-state index >= 15 is 0 Å². The van der Waals surface area contributed by atoms with Crippen molar-refractivity contribution in [3.63, 3.8) is 0 Å². The van der Waals surface area contributed by atoms with E-state index in [1.807, 2.05) is 18.2 Å². The van der Waals surface area contributed by atoms with Crippen molar-refractivity contribution in [2.75, 3.05) is 6.61 Å². The number of nitrogens with zero attached hydrogens (tertiary/aromatic N) is 2. The van der Waals surface area contributed by atoms with Gasteiger partial charge in [0, 0.05) is 17.8 Å². The van der Waals surface area contributed by atoms with Crippen molar-refractivity contribution in [3.8, 4) is 0 Å². The van der Waals surface area contributed by atoms with Crippen molar-refractivity contribution in [1.82, 2.24) is 4.98 Å². The van der Waals surface area contributed by atoms with Gasteiger partial charge in [0.1, 0.15) is 5.69 Å². The van der Waals surface area contributed by atoms with E-state index in [1.54, 1.807) is 6.92 Å². The van der Waals surface area contributed by atoms with Gasteiger partial charge in [-0.15, -0.1) is 0 Å². The molecule has 1 aromatic rings. The Labute approximate surface area is 122 Å². The number of hydrogen-bond acceptors (Lipinski definition) is 5. The molecular weight excluding hydrogens is 272 g/mol. The summed E-state index contributed by atoms with van der Waals surface area (Å²) < 4.78 is 4.83. The number of esters is 1. The summed E-state index contributed by atoms with van der Waals surface area (Å²) in [6.07, 6.45) is 8.98. The lowest BCUT2D eigenvalue weighted by Crippen LogP contribution is -2.09. The van der Waals surface area contributed by atoms with E-state index in [1.165, 1.54) is 12.3 Å². The van der Waals surface area contributed by atoms with Crippen LogP contribution in [-0.2, 0) is 16.0 Å². The molecule has 0 N–H and O–H groups in total. The highest BCUT2D eigenvalue weighted by Crippen LogP contribution is 2.28. The third kappa shape index (κ3) is 3.75. The molecule has 2 rings (SSSR count). The molecule has 1 aromatic heterocycles. The van der Waals surface area contributed by atoms with E-state index in [9.17, 15) is 14.9 Å². The van der Waals surface area contributed by atoms with Gasteiger partial charge in [0.2, 0.25) is 0 Å². The quantitative estimate of drug-likeness (QED) is 0.472. The number of ether oxygens (including phenoxy) is 1. The van der Waals surface area contributed by atoms with Gasteiger partial charge in [-0.2, -0.15) is 0 Å². The first-order valence-electron chi connectivity index (χ1n) is 6.77. The number of aromatic nitrogens is 1. The summed E-state index contributed by atoms with van der Waals surface area (Å²) in [5.74, 6) is -0.418.